The highest BCUT2D eigenvalue weighted by atomic mass is 32.2. The van der Waals surface area contributed by atoms with E-state index in [1.807, 2.05) is 0 Å². The van der Waals surface area contributed by atoms with Gasteiger partial charge >= 0.3 is 5.97 Å². The van der Waals surface area contributed by atoms with Crippen LogP contribution in [0.1, 0.15) is 64.2 Å². The zero-order valence-corrected chi connectivity index (χ0v) is 17.2. The summed E-state index contributed by atoms with van der Waals surface area (Å²) in [6.07, 6.45) is 3.82. The van der Waals surface area contributed by atoms with E-state index in [-0.39, 0.29) is 23.3 Å². The van der Waals surface area contributed by atoms with Crippen molar-refractivity contribution in [2.45, 2.75) is 69.5 Å². The lowest BCUT2D eigenvalue weighted by Gasteiger charge is -2.16. The molecular formula is C17H25N3O9S. The van der Waals surface area contributed by atoms with Gasteiger partial charge in [0.1, 0.15) is 0 Å². The Morgan fingerprint density at radius 1 is 1.03 bits per heavy atom. The predicted molar refractivity (Wildman–Crippen MR) is 99.3 cm³/mol. The number of nitrogens with one attached hydrogen (secondary N) is 1. The van der Waals surface area contributed by atoms with Gasteiger partial charge in [-0.1, -0.05) is 19.3 Å². The molecule has 0 bridgehead atoms. The Kier molecular flexibility index (Phi) is 8.29. The number of hydrogen-bond donors (Lipinski definition) is 2. The third-order valence-corrected chi connectivity index (χ3v) is 5.82. The van der Waals surface area contributed by atoms with Crippen LogP contribution in [0.15, 0.2) is 0 Å². The van der Waals surface area contributed by atoms with Crippen LogP contribution >= 0.6 is 0 Å². The molecular weight excluding hydrogens is 422 g/mol. The Morgan fingerprint density at radius 2 is 1.67 bits per heavy atom. The smallest absolute Gasteiger partial charge is 0.330 e. The summed E-state index contributed by atoms with van der Waals surface area (Å²) in [7, 11) is -4.75. The fourth-order valence-corrected chi connectivity index (χ4v) is 3.82. The van der Waals surface area contributed by atoms with E-state index in [1.165, 1.54) is 5.01 Å². The van der Waals surface area contributed by atoms with E-state index >= 15 is 0 Å². The van der Waals surface area contributed by atoms with Crippen LogP contribution in [0.25, 0.3) is 0 Å². The van der Waals surface area contributed by atoms with E-state index in [0.717, 1.165) is 19.3 Å². The van der Waals surface area contributed by atoms with Gasteiger partial charge in [0, 0.05) is 25.8 Å². The van der Waals surface area contributed by atoms with Crippen molar-refractivity contribution in [3.8, 4) is 0 Å². The quantitative estimate of drug-likeness (QED) is 0.248. The Bertz CT molecular complexity index is 811. The average Bonchev–Trinajstić information content (AvgIpc) is 3.18. The van der Waals surface area contributed by atoms with E-state index in [2.05, 4.69) is 10.3 Å². The number of carbonyl (C=O) groups is 5. The molecule has 2 rings (SSSR count). The maximum atomic E-state index is 11.8. The molecule has 0 aromatic heterocycles. The Labute approximate surface area is 173 Å². The largest absolute Gasteiger partial charge is 0.333 e. The molecule has 2 aliphatic heterocycles. The SMILES string of the molecule is O=C(CCCCCCCC(=O)ON1C(=O)CC(S(=O)(=O)O)C1=O)NN1CCCC1=O. The Morgan fingerprint density at radius 3 is 2.23 bits per heavy atom. The Hall–Kier alpha value is -2.54. The van der Waals surface area contributed by atoms with Crippen molar-refractivity contribution in [1.29, 1.82) is 0 Å². The molecule has 168 valence electrons. The van der Waals surface area contributed by atoms with Crippen LogP contribution in [0.5, 0.6) is 0 Å². The molecule has 2 heterocycles. The second-order valence-corrected chi connectivity index (χ2v) is 8.75. The maximum Gasteiger partial charge on any atom is 0.333 e. The number of amides is 4. The van der Waals surface area contributed by atoms with Gasteiger partial charge in [0.25, 0.3) is 21.9 Å². The summed E-state index contributed by atoms with van der Waals surface area (Å²) in [5.41, 5.74) is 2.57. The number of hydrazine groups is 1. The molecule has 0 saturated carbocycles. The summed E-state index contributed by atoms with van der Waals surface area (Å²) in [6, 6.07) is 0. The number of unbranched alkanes of at least 4 members (excludes halogenated alkanes) is 4. The van der Waals surface area contributed by atoms with Gasteiger partial charge in [-0.2, -0.15) is 8.42 Å². The van der Waals surface area contributed by atoms with E-state index in [0.29, 0.717) is 38.6 Å². The van der Waals surface area contributed by atoms with Gasteiger partial charge in [-0.3, -0.25) is 34.2 Å². The van der Waals surface area contributed by atoms with Gasteiger partial charge < -0.3 is 4.84 Å². The summed E-state index contributed by atoms with van der Waals surface area (Å²) in [4.78, 5) is 62.9. The van der Waals surface area contributed by atoms with Gasteiger partial charge in [0.05, 0.1) is 6.42 Å². The molecule has 0 radical (unpaired) electrons. The van der Waals surface area contributed by atoms with Gasteiger partial charge in [0.15, 0.2) is 5.25 Å². The van der Waals surface area contributed by atoms with Crippen LogP contribution in [0.4, 0.5) is 0 Å². The first-order valence-corrected chi connectivity index (χ1v) is 11.2. The zero-order chi connectivity index (χ0) is 22.3. The average molecular weight is 447 g/mol. The van der Waals surface area contributed by atoms with E-state index < -0.39 is 39.6 Å². The highest BCUT2D eigenvalue weighted by molar-refractivity contribution is 7.87. The molecule has 4 amide bonds. The molecule has 1 atom stereocenters. The molecule has 12 nitrogen and oxygen atoms in total. The van der Waals surface area contributed by atoms with E-state index in [1.54, 1.807) is 0 Å². The summed E-state index contributed by atoms with van der Waals surface area (Å²) in [6.45, 7) is 0.533. The molecule has 0 aromatic rings. The molecule has 0 spiro atoms. The summed E-state index contributed by atoms with van der Waals surface area (Å²) in [5, 5.41) is -0.523. The molecule has 2 N–H and O–H groups in total. The van der Waals surface area contributed by atoms with Crippen LogP contribution in [-0.2, 0) is 38.9 Å². The number of imide groups is 1. The highest BCUT2D eigenvalue weighted by Gasteiger charge is 2.48. The Balaban J connectivity index is 1.55. The minimum absolute atomic E-state index is 0.0782. The summed E-state index contributed by atoms with van der Waals surface area (Å²) in [5.74, 6) is -3.45. The van der Waals surface area contributed by atoms with Gasteiger partial charge in [-0.05, 0) is 19.3 Å². The second kappa shape index (κ2) is 10.5. The van der Waals surface area contributed by atoms with Gasteiger partial charge in [0.2, 0.25) is 11.8 Å². The lowest BCUT2D eigenvalue weighted by Crippen LogP contribution is -2.42. The van der Waals surface area contributed by atoms with Crippen molar-refractivity contribution in [3.05, 3.63) is 0 Å². The molecule has 0 aromatic carbocycles. The molecule has 2 saturated heterocycles. The zero-order valence-electron chi connectivity index (χ0n) is 16.4. The monoisotopic (exact) mass is 447 g/mol. The third kappa shape index (κ3) is 6.76. The van der Waals surface area contributed by atoms with Crippen molar-refractivity contribution in [3.63, 3.8) is 0 Å². The van der Waals surface area contributed by atoms with Gasteiger partial charge in [-0.15, -0.1) is 5.06 Å². The highest BCUT2D eigenvalue weighted by Crippen LogP contribution is 2.20. The number of hydrogen-bond acceptors (Lipinski definition) is 8. The number of hydroxylamine groups is 2. The summed E-state index contributed by atoms with van der Waals surface area (Å²) < 4.78 is 31.0. The van der Waals surface area contributed by atoms with Crippen molar-refractivity contribution >= 4 is 39.7 Å². The van der Waals surface area contributed by atoms with Crippen molar-refractivity contribution in [1.82, 2.24) is 15.5 Å². The van der Waals surface area contributed by atoms with Crippen LogP contribution < -0.4 is 5.43 Å². The molecule has 0 aliphatic carbocycles. The summed E-state index contributed by atoms with van der Waals surface area (Å²) >= 11 is 0. The molecule has 30 heavy (non-hydrogen) atoms. The predicted octanol–water partition coefficient (Wildman–Crippen LogP) is -0.156. The number of carbonyl (C=O) groups excluding carboxylic acids is 5. The lowest BCUT2D eigenvalue weighted by molar-refractivity contribution is -0.197. The first-order chi connectivity index (χ1) is 14.1. The first-order valence-electron chi connectivity index (χ1n) is 9.73. The fourth-order valence-electron chi connectivity index (χ4n) is 3.12. The first kappa shape index (κ1) is 23.7. The maximum absolute atomic E-state index is 11.8. The van der Waals surface area contributed by atoms with Crippen LogP contribution in [0.3, 0.4) is 0 Å². The second-order valence-electron chi connectivity index (χ2n) is 7.15. The number of nitrogens with zero attached hydrogens (tertiary/aromatic N) is 2. The van der Waals surface area contributed by atoms with Crippen molar-refractivity contribution < 1.29 is 41.8 Å². The molecule has 1 unspecified atom stereocenters. The molecule has 2 fully saturated rings. The van der Waals surface area contributed by atoms with Crippen molar-refractivity contribution in [2.75, 3.05) is 6.54 Å². The van der Waals surface area contributed by atoms with Crippen LogP contribution in [0.2, 0.25) is 0 Å². The van der Waals surface area contributed by atoms with E-state index in [9.17, 15) is 32.4 Å². The minimum atomic E-state index is -4.75. The standard InChI is InChI=1S/C17H25N3O9S/c21-13(18-19-10-6-8-14(19)22)7-4-2-1-3-5-9-16(24)29-20-15(23)11-12(17(20)25)30(26,27)28/h12H,1-11H2,(H,18,21)(H,26,27,28). The fraction of sp³-hybridized carbons (Fsp3) is 0.706. The van der Waals surface area contributed by atoms with Crippen molar-refractivity contribution in [2.24, 2.45) is 0 Å². The van der Waals surface area contributed by atoms with Crippen LogP contribution in [0, 0.1) is 0 Å². The van der Waals surface area contributed by atoms with Gasteiger partial charge in [-0.25, -0.2) is 4.79 Å². The lowest BCUT2D eigenvalue weighted by atomic mass is 10.1. The number of rotatable bonds is 11. The molecule has 2 aliphatic rings. The topological polar surface area (TPSA) is 167 Å². The normalized spacial score (nSPS) is 19.5. The molecule has 13 heteroatoms. The minimum Gasteiger partial charge on any atom is -0.330 e. The van der Waals surface area contributed by atoms with E-state index in [4.69, 9.17) is 4.55 Å². The van der Waals surface area contributed by atoms with Crippen LogP contribution in [-0.4, -0.2) is 64.4 Å². The third-order valence-electron chi connectivity index (χ3n) is 4.73.